The Kier molecular flexibility index (Phi) is 2.76. The topological polar surface area (TPSA) is 48.2 Å². The van der Waals surface area contributed by atoms with Gasteiger partial charge in [0.25, 0.3) is 0 Å². The lowest BCUT2D eigenvalue weighted by molar-refractivity contribution is 0.315. The highest BCUT2D eigenvalue weighted by atomic mass is 79.9. The van der Waals surface area contributed by atoms with Gasteiger partial charge in [0.05, 0.1) is 7.11 Å². The fourth-order valence-electron chi connectivity index (χ4n) is 1.81. The molecular weight excluding hydrogens is 296 g/mol. The van der Waals surface area contributed by atoms with Gasteiger partial charge in [-0.3, -0.25) is 0 Å². The fourth-order valence-corrected chi connectivity index (χ4v) is 2.28. The van der Waals surface area contributed by atoms with E-state index in [1.165, 1.54) is 0 Å². The van der Waals surface area contributed by atoms with E-state index in [1.807, 2.05) is 36.4 Å². The molecule has 5 heteroatoms. The number of fused-ring (bicyclic) bond motifs is 1. The molecule has 0 unspecified atom stereocenters. The average Bonchev–Trinajstić information content (AvgIpc) is 2.85. The Morgan fingerprint density at radius 2 is 1.83 bits per heavy atom. The summed E-state index contributed by atoms with van der Waals surface area (Å²) < 4.78 is 10.9. The van der Waals surface area contributed by atoms with Crippen molar-refractivity contribution in [2.75, 3.05) is 7.11 Å². The monoisotopic (exact) mass is 304 g/mol. The number of hydrogen-bond acceptors (Lipinski definition) is 4. The largest absolute Gasteiger partial charge is 0.497 e. The van der Waals surface area contributed by atoms with Crippen LogP contribution in [-0.4, -0.2) is 17.4 Å². The third-order valence-corrected chi connectivity index (χ3v) is 3.15. The molecule has 0 bridgehead atoms. The summed E-state index contributed by atoms with van der Waals surface area (Å²) in [6, 6.07) is 11.7. The highest BCUT2D eigenvalue weighted by Crippen LogP contribution is 2.29. The van der Waals surface area contributed by atoms with Crippen molar-refractivity contribution >= 4 is 27.0 Å². The summed E-state index contributed by atoms with van der Waals surface area (Å²) in [5.74, 6) is 0.803. The first-order valence-corrected chi connectivity index (χ1v) is 6.13. The van der Waals surface area contributed by atoms with Crippen LogP contribution in [0.1, 0.15) is 0 Å². The molecule has 90 valence electrons. The van der Waals surface area contributed by atoms with Crippen molar-refractivity contribution < 1.29 is 9.37 Å². The summed E-state index contributed by atoms with van der Waals surface area (Å²) in [6.07, 6.45) is 0. The van der Waals surface area contributed by atoms with Gasteiger partial charge >= 0.3 is 0 Å². The predicted octanol–water partition coefficient (Wildman–Crippen LogP) is 3.66. The van der Waals surface area contributed by atoms with Gasteiger partial charge in [-0.15, -0.1) is 0 Å². The van der Waals surface area contributed by atoms with Crippen molar-refractivity contribution in [1.29, 1.82) is 0 Å². The van der Waals surface area contributed by atoms with E-state index in [2.05, 4.69) is 26.2 Å². The number of ether oxygens (including phenoxy) is 1. The minimum atomic E-state index is 0.742. The van der Waals surface area contributed by atoms with Crippen LogP contribution >= 0.6 is 15.9 Å². The Bertz CT molecular complexity index is 709. The standard InChI is InChI=1S/C13H9BrN2O2/c1-17-11-5-9(4-10(14)7-11)8-2-3-12-13(6-8)16-18-15-12/h2-7H,1H3. The molecule has 2 aromatic carbocycles. The zero-order chi connectivity index (χ0) is 12.5. The van der Waals surface area contributed by atoms with Crippen LogP contribution in [0.15, 0.2) is 45.5 Å². The van der Waals surface area contributed by atoms with Crippen molar-refractivity contribution in [2.24, 2.45) is 0 Å². The molecule has 0 fully saturated rings. The minimum Gasteiger partial charge on any atom is -0.497 e. The van der Waals surface area contributed by atoms with Crippen molar-refractivity contribution in [2.45, 2.75) is 0 Å². The molecule has 0 radical (unpaired) electrons. The lowest BCUT2D eigenvalue weighted by Gasteiger charge is -2.06. The van der Waals surface area contributed by atoms with Crippen molar-refractivity contribution in [3.05, 3.63) is 40.9 Å². The molecule has 4 nitrogen and oxygen atoms in total. The van der Waals surface area contributed by atoms with E-state index >= 15 is 0 Å². The van der Waals surface area contributed by atoms with E-state index in [1.54, 1.807) is 7.11 Å². The van der Waals surface area contributed by atoms with Crippen LogP contribution in [0.3, 0.4) is 0 Å². The third-order valence-electron chi connectivity index (χ3n) is 2.69. The highest BCUT2D eigenvalue weighted by molar-refractivity contribution is 9.10. The molecule has 0 saturated heterocycles. The second-order valence-corrected chi connectivity index (χ2v) is 4.76. The van der Waals surface area contributed by atoms with Gasteiger partial charge in [0.15, 0.2) is 0 Å². The van der Waals surface area contributed by atoms with E-state index in [0.29, 0.717) is 0 Å². The van der Waals surface area contributed by atoms with Crippen LogP contribution in [0.5, 0.6) is 5.75 Å². The number of rotatable bonds is 2. The number of halogens is 1. The molecule has 3 aromatic rings. The summed E-state index contributed by atoms with van der Waals surface area (Å²) in [6.45, 7) is 0. The Morgan fingerprint density at radius 3 is 2.67 bits per heavy atom. The second kappa shape index (κ2) is 4.42. The third kappa shape index (κ3) is 1.97. The fraction of sp³-hybridized carbons (Fsp3) is 0.0769. The second-order valence-electron chi connectivity index (χ2n) is 3.85. The maximum atomic E-state index is 5.25. The first-order chi connectivity index (χ1) is 8.76. The Hall–Kier alpha value is -1.88. The van der Waals surface area contributed by atoms with Gasteiger partial charge in [-0.1, -0.05) is 22.0 Å². The zero-order valence-electron chi connectivity index (χ0n) is 9.55. The van der Waals surface area contributed by atoms with E-state index in [9.17, 15) is 0 Å². The van der Waals surface area contributed by atoms with E-state index in [0.717, 1.165) is 32.4 Å². The molecule has 0 saturated carbocycles. The maximum absolute atomic E-state index is 5.25. The van der Waals surface area contributed by atoms with Gasteiger partial charge in [-0.05, 0) is 51.8 Å². The molecule has 0 aliphatic rings. The molecule has 1 aromatic heterocycles. The Morgan fingerprint density at radius 1 is 1.00 bits per heavy atom. The molecule has 0 aliphatic carbocycles. The summed E-state index contributed by atoms with van der Waals surface area (Å²) in [5, 5.41) is 7.63. The van der Waals surface area contributed by atoms with Gasteiger partial charge in [0, 0.05) is 4.47 Å². The van der Waals surface area contributed by atoms with Crippen molar-refractivity contribution in [1.82, 2.24) is 10.3 Å². The maximum Gasteiger partial charge on any atom is 0.135 e. The van der Waals surface area contributed by atoms with Crippen LogP contribution in [0.4, 0.5) is 0 Å². The summed E-state index contributed by atoms with van der Waals surface area (Å²) >= 11 is 3.47. The summed E-state index contributed by atoms with van der Waals surface area (Å²) in [5.41, 5.74) is 3.58. The quantitative estimate of drug-likeness (QED) is 0.725. The number of aromatic nitrogens is 2. The number of hydrogen-bond donors (Lipinski definition) is 0. The van der Waals surface area contributed by atoms with Gasteiger partial charge in [-0.25, -0.2) is 4.63 Å². The van der Waals surface area contributed by atoms with Crippen molar-refractivity contribution in [3.8, 4) is 16.9 Å². The van der Waals surface area contributed by atoms with Crippen molar-refractivity contribution in [3.63, 3.8) is 0 Å². The normalized spacial score (nSPS) is 10.8. The summed E-state index contributed by atoms with van der Waals surface area (Å²) in [4.78, 5) is 0. The first-order valence-electron chi connectivity index (χ1n) is 5.33. The molecule has 0 spiro atoms. The van der Waals surface area contributed by atoms with Crippen LogP contribution < -0.4 is 4.74 Å². The molecule has 0 amide bonds. The van der Waals surface area contributed by atoms with Crippen LogP contribution in [0.25, 0.3) is 22.2 Å². The van der Waals surface area contributed by atoms with Crippen LogP contribution in [-0.2, 0) is 0 Å². The van der Waals surface area contributed by atoms with Gasteiger partial charge < -0.3 is 4.74 Å². The lowest BCUT2D eigenvalue weighted by Crippen LogP contribution is -1.85. The molecule has 1 heterocycles. The molecule has 0 aliphatic heterocycles. The van der Waals surface area contributed by atoms with E-state index in [4.69, 9.17) is 9.37 Å². The number of nitrogens with zero attached hydrogens (tertiary/aromatic N) is 2. The number of benzene rings is 2. The molecule has 18 heavy (non-hydrogen) atoms. The Labute approximate surface area is 112 Å². The van der Waals surface area contributed by atoms with Gasteiger partial charge in [0.2, 0.25) is 0 Å². The summed E-state index contributed by atoms with van der Waals surface area (Å²) in [7, 11) is 1.65. The molecule has 3 rings (SSSR count). The van der Waals surface area contributed by atoms with E-state index < -0.39 is 0 Å². The van der Waals surface area contributed by atoms with E-state index in [-0.39, 0.29) is 0 Å². The number of methoxy groups -OCH3 is 1. The average molecular weight is 305 g/mol. The van der Waals surface area contributed by atoms with Crippen LogP contribution in [0, 0.1) is 0 Å². The SMILES string of the molecule is COc1cc(Br)cc(-c2ccc3nonc3c2)c1. The minimum absolute atomic E-state index is 0.742. The zero-order valence-corrected chi connectivity index (χ0v) is 11.1. The van der Waals surface area contributed by atoms with Gasteiger partial charge in [-0.2, -0.15) is 0 Å². The highest BCUT2D eigenvalue weighted by Gasteiger charge is 2.06. The first kappa shape index (κ1) is 11.2. The molecule has 0 atom stereocenters. The smallest absolute Gasteiger partial charge is 0.135 e. The van der Waals surface area contributed by atoms with Crippen LogP contribution in [0.2, 0.25) is 0 Å². The Balaban J connectivity index is 2.15. The predicted molar refractivity (Wildman–Crippen MR) is 71.5 cm³/mol. The van der Waals surface area contributed by atoms with Gasteiger partial charge in [0.1, 0.15) is 16.8 Å². The molecule has 0 N–H and O–H groups in total. The lowest BCUT2D eigenvalue weighted by atomic mass is 10.0. The molecular formula is C13H9BrN2O2.